The molecule has 1 heterocycles. The number of carbonyl (C=O) groups is 1. The molecule has 1 atom stereocenters. The molecule has 0 spiro atoms. The Morgan fingerprint density at radius 1 is 1.50 bits per heavy atom. The number of hydrogen-bond donors (Lipinski definition) is 0. The molecule has 0 N–H and O–H groups in total. The smallest absolute Gasteiger partial charge is 0.170 e. The van der Waals surface area contributed by atoms with Crippen LogP contribution in [0.2, 0.25) is 0 Å². The van der Waals surface area contributed by atoms with Gasteiger partial charge in [-0.3, -0.25) is 4.79 Å². The zero-order valence-electron chi connectivity index (χ0n) is 7.92. The first-order chi connectivity index (χ1) is 6.63. The van der Waals surface area contributed by atoms with Gasteiger partial charge < -0.3 is 4.74 Å². The normalized spacial score (nSPS) is 26.9. The summed E-state index contributed by atoms with van der Waals surface area (Å²) in [5.41, 5.74) is 0.568. The topological polar surface area (TPSA) is 26.3 Å². The molecule has 0 bridgehead atoms. The third kappa shape index (κ3) is 1.51. The van der Waals surface area contributed by atoms with E-state index in [4.69, 9.17) is 4.74 Å². The number of Topliss-reactive ketones (excluding diaryl/α,β-unsaturated/α-hetero) is 1. The zero-order chi connectivity index (χ0) is 10.2. The monoisotopic (exact) mass is 254 g/mol. The zero-order valence-corrected chi connectivity index (χ0v) is 9.50. The maximum atomic E-state index is 11.7. The Morgan fingerprint density at radius 3 is 2.86 bits per heavy atom. The molecular weight excluding hydrogens is 244 g/mol. The average Bonchev–Trinajstić information content (AvgIpc) is 2.49. The van der Waals surface area contributed by atoms with Gasteiger partial charge in [-0.25, -0.2) is 0 Å². The highest BCUT2D eigenvalue weighted by Gasteiger charge is 2.40. The summed E-state index contributed by atoms with van der Waals surface area (Å²) in [5, 5.41) is 0. The molecule has 1 aliphatic heterocycles. The fraction of sp³-hybridized carbons (Fsp3) is 0.364. The predicted molar refractivity (Wildman–Crippen MR) is 57.3 cm³/mol. The predicted octanol–water partition coefficient (Wildman–Crippen LogP) is 2.31. The van der Waals surface area contributed by atoms with E-state index in [0.29, 0.717) is 6.61 Å². The fourth-order valence-electron chi connectivity index (χ4n) is 1.66. The highest BCUT2D eigenvalue weighted by atomic mass is 79.9. The number of ether oxygens (including phenoxy) is 1. The Balaban J connectivity index is 2.43. The van der Waals surface area contributed by atoms with E-state index in [9.17, 15) is 4.79 Å². The Morgan fingerprint density at radius 2 is 2.29 bits per heavy atom. The Hall–Kier alpha value is -0.670. The van der Waals surface area contributed by atoms with Crippen molar-refractivity contribution in [1.82, 2.24) is 0 Å². The van der Waals surface area contributed by atoms with Crippen LogP contribution in [0, 0.1) is 0 Å². The molecule has 1 fully saturated rings. The van der Waals surface area contributed by atoms with Crippen molar-refractivity contribution >= 4 is 21.7 Å². The number of rotatable bonds is 1. The van der Waals surface area contributed by atoms with Crippen LogP contribution in [-0.2, 0) is 14.9 Å². The Kier molecular flexibility index (Phi) is 2.45. The summed E-state index contributed by atoms with van der Waals surface area (Å²) in [6.45, 7) is 2.66. The SMILES string of the molecule is CC1(c2cccc(Br)c2)COCC1=O. The molecule has 0 amide bonds. The molecular formula is C11H11BrO2. The molecule has 3 heteroatoms. The van der Waals surface area contributed by atoms with E-state index in [1.807, 2.05) is 31.2 Å². The van der Waals surface area contributed by atoms with Gasteiger partial charge in [0.2, 0.25) is 0 Å². The maximum absolute atomic E-state index is 11.7. The molecule has 0 aromatic heterocycles. The van der Waals surface area contributed by atoms with Crippen molar-refractivity contribution in [2.75, 3.05) is 13.2 Å². The lowest BCUT2D eigenvalue weighted by Gasteiger charge is -2.20. The second kappa shape index (κ2) is 3.48. The van der Waals surface area contributed by atoms with Crippen LogP contribution < -0.4 is 0 Å². The van der Waals surface area contributed by atoms with Crippen LogP contribution in [0.1, 0.15) is 12.5 Å². The van der Waals surface area contributed by atoms with E-state index in [-0.39, 0.29) is 12.4 Å². The number of hydrogen-bond acceptors (Lipinski definition) is 2. The van der Waals surface area contributed by atoms with E-state index in [1.165, 1.54) is 0 Å². The summed E-state index contributed by atoms with van der Waals surface area (Å²) < 4.78 is 6.20. The molecule has 1 saturated heterocycles. The van der Waals surface area contributed by atoms with Crippen LogP contribution in [0.25, 0.3) is 0 Å². The highest BCUT2D eigenvalue weighted by molar-refractivity contribution is 9.10. The van der Waals surface area contributed by atoms with E-state index in [1.54, 1.807) is 0 Å². The molecule has 1 aliphatic rings. The molecule has 1 aromatic rings. The standard InChI is InChI=1S/C11H11BrO2/c1-11(7-14-6-10(11)13)8-3-2-4-9(12)5-8/h2-5H,6-7H2,1H3. The lowest BCUT2D eigenvalue weighted by Crippen LogP contribution is -2.30. The molecule has 1 aromatic carbocycles. The van der Waals surface area contributed by atoms with Gasteiger partial charge in [0.25, 0.3) is 0 Å². The van der Waals surface area contributed by atoms with Gasteiger partial charge in [0.15, 0.2) is 5.78 Å². The van der Waals surface area contributed by atoms with Crippen molar-refractivity contribution in [1.29, 1.82) is 0 Å². The molecule has 74 valence electrons. The molecule has 0 saturated carbocycles. The molecule has 2 nitrogen and oxygen atoms in total. The van der Waals surface area contributed by atoms with E-state index < -0.39 is 5.41 Å². The van der Waals surface area contributed by atoms with Gasteiger partial charge >= 0.3 is 0 Å². The van der Waals surface area contributed by atoms with Gasteiger partial charge in [0, 0.05) is 4.47 Å². The van der Waals surface area contributed by atoms with Crippen molar-refractivity contribution in [2.24, 2.45) is 0 Å². The average molecular weight is 255 g/mol. The number of ketones is 1. The maximum Gasteiger partial charge on any atom is 0.170 e. The van der Waals surface area contributed by atoms with Gasteiger partial charge in [-0.2, -0.15) is 0 Å². The number of halogens is 1. The number of benzene rings is 1. The van der Waals surface area contributed by atoms with Crippen molar-refractivity contribution in [3.05, 3.63) is 34.3 Å². The Bertz CT molecular complexity index is 375. The minimum absolute atomic E-state index is 0.163. The van der Waals surface area contributed by atoms with Gasteiger partial charge in [-0.05, 0) is 24.6 Å². The minimum Gasteiger partial charge on any atom is -0.372 e. The molecule has 0 aliphatic carbocycles. The third-order valence-electron chi connectivity index (χ3n) is 2.70. The summed E-state index contributed by atoms with van der Waals surface area (Å²) in [5.74, 6) is 0.163. The summed E-state index contributed by atoms with van der Waals surface area (Å²) >= 11 is 3.40. The first-order valence-electron chi connectivity index (χ1n) is 4.50. The van der Waals surface area contributed by atoms with Crippen LogP contribution in [-0.4, -0.2) is 19.0 Å². The third-order valence-corrected chi connectivity index (χ3v) is 3.19. The van der Waals surface area contributed by atoms with Crippen LogP contribution in [0.3, 0.4) is 0 Å². The van der Waals surface area contributed by atoms with Crippen LogP contribution >= 0.6 is 15.9 Å². The van der Waals surface area contributed by atoms with Gasteiger partial charge in [-0.1, -0.05) is 28.1 Å². The van der Waals surface area contributed by atoms with E-state index in [0.717, 1.165) is 10.0 Å². The molecule has 14 heavy (non-hydrogen) atoms. The lowest BCUT2D eigenvalue weighted by molar-refractivity contribution is -0.121. The Labute approximate surface area is 91.4 Å². The summed E-state index contributed by atoms with van der Waals surface area (Å²) in [7, 11) is 0. The van der Waals surface area contributed by atoms with Crippen LogP contribution in [0.15, 0.2) is 28.7 Å². The molecule has 1 unspecified atom stereocenters. The first kappa shape index (κ1) is 9.87. The second-order valence-corrected chi connectivity index (χ2v) is 4.67. The van der Waals surface area contributed by atoms with Crippen molar-refractivity contribution in [3.63, 3.8) is 0 Å². The summed E-state index contributed by atoms with van der Waals surface area (Å²) in [6.07, 6.45) is 0. The lowest BCUT2D eigenvalue weighted by atomic mass is 9.81. The second-order valence-electron chi connectivity index (χ2n) is 3.76. The summed E-state index contributed by atoms with van der Waals surface area (Å²) in [6, 6.07) is 7.84. The van der Waals surface area contributed by atoms with Crippen LogP contribution in [0.5, 0.6) is 0 Å². The molecule has 2 rings (SSSR count). The fourth-order valence-corrected chi connectivity index (χ4v) is 2.06. The largest absolute Gasteiger partial charge is 0.372 e. The quantitative estimate of drug-likeness (QED) is 0.769. The number of carbonyl (C=O) groups excluding carboxylic acids is 1. The van der Waals surface area contributed by atoms with Crippen molar-refractivity contribution in [3.8, 4) is 0 Å². The highest BCUT2D eigenvalue weighted by Crippen LogP contribution is 2.31. The summed E-state index contributed by atoms with van der Waals surface area (Å²) in [4.78, 5) is 11.7. The van der Waals surface area contributed by atoms with E-state index >= 15 is 0 Å². The van der Waals surface area contributed by atoms with Crippen molar-refractivity contribution in [2.45, 2.75) is 12.3 Å². The minimum atomic E-state index is -0.455. The first-order valence-corrected chi connectivity index (χ1v) is 5.29. The van der Waals surface area contributed by atoms with Gasteiger partial charge in [0.05, 0.1) is 12.0 Å². The van der Waals surface area contributed by atoms with E-state index in [2.05, 4.69) is 15.9 Å². The van der Waals surface area contributed by atoms with Crippen molar-refractivity contribution < 1.29 is 9.53 Å². The van der Waals surface area contributed by atoms with Crippen LogP contribution in [0.4, 0.5) is 0 Å². The van der Waals surface area contributed by atoms with Gasteiger partial charge in [0.1, 0.15) is 6.61 Å². The van der Waals surface area contributed by atoms with Gasteiger partial charge in [-0.15, -0.1) is 0 Å². The molecule has 0 radical (unpaired) electrons.